The summed E-state index contributed by atoms with van der Waals surface area (Å²) in [6, 6.07) is 5.37. The summed E-state index contributed by atoms with van der Waals surface area (Å²) in [6.07, 6.45) is 5.81. The van der Waals surface area contributed by atoms with Crippen molar-refractivity contribution in [2.75, 3.05) is 5.73 Å². The molecule has 0 saturated carbocycles. The van der Waals surface area contributed by atoms with Crippen LogP contribution >= 0.6 is 0 Å². The Morgan fingerprint density at radius 2 is 2.14 bits per heavy atom. The maximum atomic E-state index is 12.0. The Morgan fingerprint density at radius 1 is 1.33 bits per heavy atom. The van der Waals surface area contributed by atoms with Crippen molar-refractivity contribution in [1.82, 2.24) is 9.97 Å². The number of nitrogens with zero attached hydrogens (tertiary/aromatic N) is 1. The number of rotatable bonds is 7. The van der Waals surface area contributed by atoms with Gasteiger partial charge in [-0.25, -0.2) is 0 Å². The molecule has 0 fully saturated rings. The molecule has 0 aliphatic rings. The third kappa shape index (κ3) is 4.21. The number of anilines is 1. The lowest BCUT2D eigenvalue weighted by atomic mass is 10.1. The highest BCUT2D eigenvalue weighted by Crippen LogP contribution is 2.15. The molecule has 2 rings (SSSR count). The number of aromatic nitrogens is 2. The molecule has 1 heterocycles. The Balaban J connectivity index is 2.05. The number of benzene rings is 1. The average Bonchev–Trinajstić information content (AvgIpc) is 2.44. The van der Waals surface area contributed by atoms with Crippen LogP contribution in [0.15, 0.2) is 23.0 Å². The van der Waals surface area contributed by atoms with Gasteiger partial charge in [-0.2, -0.15) is 4.98 Å². The predicted octanol–water partition coefficient (Wildman–Crippen LogP) is 3.24. The Kier molecular flexibility index (Phi) is 5.20. The molecule has 0 saturated heterocycles. The van der Waals surface area contributed by atoms with E-state index in [0.29, 0.717) is 16.6 Å². The molecule has 0 aliphatic carbocycles. The summed E-state index contributed by atoms with van der Waals surface area (Å²) in [5, 5.41) is 0.484. The number of fused-ring (bicyclic) bond motifs is 1. The van der Waals surface area contributed by atoms with Crippen molar-refractivity contribution in [3.05, 3.63) is 28.6 Å². The van der Waals surface area contributed by atoms with Gasteiger partial charge in [-0.15, -0.1) is 0 Å². The van der Waals surface area contributed by atoms with Crippen molar-refractivity contribution in [3.63, 3.8) is 0 Å². The Morgan fingerprint density at radius 3 is 2.90 bits per heavy atom. The highest BCUT2D eigenvalue weighted by atomic mass is 16.5. The van der Waals surface area contributed by atoms with Crippen molar-refractivity contribution in [3.8, 4) is 6.01 Å². The fourth-order valence-corrected chi connectivity index (χ4v) is 2.30. The van der Waals surface area contributed by atoms with Gasteiger partial charge in [0.25, 0.3) is 11.6 Å². The van der Waals surface area contributed by atoms with Gasteiger partial charge in [0, 0.05) is 5.69 Å². The van der Waals surface area contributed by atoms with Gasteiger partial charge in [-0.1, -0.05) is 26.2 Å². The van der Waals surface area contributed by atoms with Gasteiger partial charge in [0.2, 0.25) is 0 Å². The molecule has 3 N–H and O–H groups in total. The lowest BCUT2D eigenvalue weighted by molar-refractivity contribution is 0.189. The fraction of sp³-hybridized carbons (Fsp3) is 0.500. The van der Waals surface area contributed by atoms with E-state index in [-0.39, 0.29) is 17.7 Å². The second-order valence-corrected chi connectivity index (χ2v) is 5.43. The van der Waals surface area contributed by atoms with Gasteiger partial charge in [-0.3, -0.25) is 9.78 Å². The van der Waals surface area contributed by atoms with E-state index in [1.165, 1.54) is 19.3 Å². The van der Waals surface area contributed by atoms with Crippen LogP contribution in [0.25, 0.3) is 10.9 Å². The van der Waals surface area contributed by atoms with Gasteiger partial charge in [0.05, 0.1) is 17.0 Å². The number of H-pyrrole nitrogens is 1. The molecule has 0 amide bonds. The zero-order valence-electron chi connectivity index (χ0n) is 12.7. The van der Waals surface area contributed by atoms with E-state index in [9.17, 15) is 4.79 Å². The van der Waals surface area contributed by atoms with E-state index in [1.807, 2.05) is 6.92 Å². The van der Waals surface area contributed by atoms with Crippen LogP contribution in [-0.4, -0.2) is 16.1 Å². The largest absolute Gasteiger partial charge is 0.462 e. The molecule has 5 heteroatoms. The molecule has 21 heavy (non-hydrogen) atoms. The first-order valence-electron chi connectivity index (χ1n) is 7.56. The number of nitrogens with two attached hydrogens (primary N) is 1. The van der Waals surface area contributed by atoms with Crippen molar-refractivity contribution in [2.45, 2.75) is 52.1 Å². The minimum Gasteiger partial charge on any atom is -0.462 e. The van der Waals surface area contributed by atoms with Crippen molar-refractivity contribution >= 4 is 16.6 Å². The van der Waals surface area contributed by atoms with E-state index in [0.717, 1.165) is 12.8 Å². The molecule has 0 bridgehead atoms. The molecule has 0 spiro atoms. The first-order valence-corrected chi connectivity index (χ1v) is 7.56. The average molecular weight is 289 g/mol. The molecule has 1 atom stereocenters. The van der Waals surface area contributed by atoms with Crippen molar-refractivity contribution in [2.24, 2.45) is 0 Å². The quantitative estimate of drug-likeness (QED) is 0.605. The smallest absolute Gasteiger partial charge is 0.297 e. The van der Waals surface area contributed by atoms with E-state index >= 15 is 0 Å². The summed E-state index contributed by atoms with van der Waals surface area (Å²) in [6.45, 7) is 4.19. The zero-order valence-corrected chi connectivity index (χ0v) is 12.7. The number of hydrogen-bond donors (Lipinski definition) is 2. The fourth-order valence-electron chi connectivity index (χ4n) is 2.30. The SMILES string of the molecule is CCCCCCC(C)Oc1nc2ccc(N)cc2c(=O)[nH]1. The normalized spacial score (nSPS) is 12.5. The first kappa shape index (κ1) is 15.4. The molecule has 0 radical (unpaired) electrons. The molecule has 1 unspecified atom stereocenters. The third-order valence-electron chi connectivity index (χ3n) is 3.48. The summed E-state index contributed by atoms with van der Waals surface area (Å²) in [5.41, 5.74) is 6.60. The Bertz CT molecular complexity index is 652. The van der Waals surface area contributed by atoms with Crippen LogP contribution < -0.4 is 16.0 Å². The number of nitrogens with one attached hydrogen (secondary N) is 1. The first-order chi connectivity index (χ1) is 10.1. The van der Waals surface area contributed by atoms with Crippen molar-refractivity contribution in [1.29, 1.82) is 0 Å². The van der Waals surface area contributed by atoms with Gasteiger partial charge in [0.1, 0.15) is 0 Å². The minimum absolute atomic E-state index is 0.0382. The predicted molar refractivity (Wildman–Crippen MR) is 85.6 cm³/mol. The number of ether oxygens (including phenoxy) is 1. The maximum Gasteiger partial charge on any atom is 0.297 e. The van der Waals surface area contributed by atoms with Gasteiger partial charge < -0.3 is 10.5 Å². The summed E-state index contributed by atoms with van der Waals surface area (Å²) >= 11 is 0. The van der Waals surface area contributed by atoms with Crippen LogP contribution in [0.1, 0.15) is 46.0 Å². The third-order valence-corrected chi connectivity index (χ3v) is 3.48. The molecule has 5 nitrogen and oxygen atoms in total. The lowest BCUT2D eigenvalue weighted by Gasteiger charge is -2.13. The maximum absolute atomic E-state index is 12.0. The Hall–Kier alpha value is -2.04. The van der Waals surface area contributed by atoms with Crippen LogP contribution in [0.2, 0.25) is 0 Å². The van der Waals surface area contributed by atoms with E-state index in [4.69, 9.17) is 10.5 Å². The summed E-state index contributed by atoms with van der Waals surface area (Å²) < 4.78 is 5.72. The minimum atomic E-state index is -0.222. The number of aromatic amines is 1. The van der Waals surface area contributed by atoms with Crippen LogP contribution in [0.4, 0.5) is 5.69 Å². The van der Waals surface area contributed by atoms with E-state index in [1.54, 1.807) is 18.2 Å². The summed E-state index contributed by atoms with van der Waals surface area (Å²) in [4.78, 5) is 19.0. The summed E-state index contributed by atoms with van der Waals surface area (Å²) in [5.74, 6) is 0. The summed E-state index contributed by atoms with van der Waals surface area (Å²) in [7, 11) is 0. The van der Waals surface area contributed by atoms with Crippen LogP contribution in [0, 0.1) is 0 Å². The number of unbranched alkanes of at least 4 members (excludes halogenated alkanes) is 3. The molecule has 0 aliphatic heterocycles. The highest BCUT2D eigenvalue weighted by Gasteiger charge is 2.09. The zero-order chi connectivity index (χ0) is 15.2. The molecule has 1 aromatic carbocycles. The van der Waals surface area contributed by atoms with E-state index in [2.05, 4.69) is 16.9 Å². The lowest BCUT2D eigenvalue weighted by Crippen LogP contribution is -2.17. The van der Waals surface area contributed by atoms with Crippen LogP contribution in [-0.2, 0) is 0 Å². The highest BCUT2D eigenvalue weighted by molar-refractivity contribution is 5.81. The molecule has 2 aromatic rings. The molecule has 114 valence electrons. The second-order valence-electron chi connectivity index (χ2n) is 5.43. The molecule has 1 aromatic heterocycles. The molecular weight excluding hydrogens is 266 g/mol. The molecular formula is C16H23N3O2. The monoisotopic (exact) mass is 289 g/mol. The van der Waals surface area contributed by atoms with Gasteiger partial charge in [-0.05, 0) is 38.0 Å². The van der Waals surface area contributed by atoms with Gasteiger partial charge >= 0.3 is 0 Å². The van der Waals surface area contributed by atoms with Gasteiger partial charge in [0.15, 0.2) is 0 Å². The van der Waals surface area contributed by atoms with Crippen molar-refractivity contribution < 1.29 is 4.74 Å². The number of hydrogen-bond acceptors (Lipinski definition) is 4. The standard InChI is InChI=1S/C16H23N3O2/c1-3-4-5-6-7-11(2)21-16-18-14-9-8-12(17)10-13(14)15(20)19-16/h8-11H,3-7,17H2,1-2H3,(H,18,19,20). The topological polar surface area (TPSA) is 81.0 Å². The second kappa shape index (κ2) is 7.11. The van der Waals surface area contributed by atoms with Crippen LogP contribution in [0.3, 0.4) is 0 Å². The van der Waals surface area contributed by atoms with Crippen LogP contribution in [0.5, 0.6) is 6.01 Å². The Labute approximate surface area is 124 Å². The van der Waals surface area contributed by atoms with E-state index < -0.39 is 0 Å². The number of nitrogen functional groups attached to an aromatic ring is 1.